The minimum atomic E-state index is -0.547. The Kier molecular flexibility index (Phi) is 3.93. The van der Waals surface area contributed by atoms with Gasteiger partial charge in [-0.2, -0.15) is 0 Å². The van der Waals surface area contributed by atoms with Crippen LogP contribution in [0.25, 0.3) is 6.08 Å². The molecule has 0 saturated carbocycles. The van der Waals surface area contributed by atoms with Gasteiger partial charge < -0.3 is 9.15 Å². The summed E-state index contributed by atoms with van der Waals surface area (Å²) in [5.41, 5.74) is 0.596. The second kappa shape index (κ2) is 5.82. The molecule has 0 aliphatic carbocycles. The zero-order valence-corrected chi connectivity index (χ0v) is 10.3. The van der Waals surface area contributed by atoms with Gasteiger partial charge in [0.2, 0.25) is 5.76 Å². The maximum absolute atomic E-state index is 11.8. The molecule has 0 N–H and O–H groups in total. The largest absolute Gasteiger partial charge is 0.463 e. The predicted octanol–water partition coefficient (Wildman–Crippen LogP) is 2.96. The highest BCUT2D eigenvalue weighted by atomic mass is 16.5. The maximum atomic E-state index is 11.8. The molecule has 96 valence electrons. The van der Waals surface area contributed by atoms with Gasteiger partial charge in [-0.05, 0) is 24.3 Å². The van der Waals surface area contributed by atoms with E-state index in [1.54, 1.807) is 30.3 Å². The van der Waals surface area contributed by atoms with Gasteiger partial charge in [-0.15, -0.1) is 0 Å². The number of esters is 1. The van der Waals surface area contributed by atoms with Gasteiger partial charge in [-0.3, -0.25) is 4.79 Å². The maximum Gasteiger partial charge on any atom is 0.373 e. The lowest BCUT2D eigenvalue weighted by Gasteiger charge is -1.93. The zero-order chi connectivity index (χ0) is 13.7. The summed E-state index contributed by atoms with van der Waals surface area (Å²) in [6.07, 6.45) is 2.91. The molecule has 0 amide bonds. The topological polar surface area (TPSA) is 56.5 Å². The molecule has 1 heterocycles. The molecular formula is C15H12O4. The number of ketones is 1. The van der Waals surface area contributed by atoms with E-state index in [9.17, 15) is 9.59 Å². The van der Waals surface area contributed by atoms with Crippen LogP contribution in [0.5, 0.6) is 0 Å². The number of carbonyl (C=O) groups excluding carboxylic acids is 2. The number of hydrogen-bond donors (Lipinski definition) is 0. The van der Waals surface area contributed by atoms with Crippen LogP contribution in [0.15, 0.2) is 53.0 Å². The number of carbonyl (C=O) groups is 2. The fourth-order valence-electron chi connectivity index (χ4n) is 1.51. The smallest absolute Gasteiger partial charge is 0.373 e. The Hall–Kier alpha value is -2.62. The van der Waals surface area contributed by atoms with Crippen molar-refractivity contribution < 1.29 is 18.7 Å². The van der Waals surface area contributed by atoms with E-state index in [0.717, 1.165) is 0 Å². The summed E-state index contributed by atoms with van der Waals surface area (Å²) in [6.45, 7) is 0. The van der Waals surface area contributed by atoms with Gasteiger partial charge in [0.25, 0.3) is 0 Å². The minimum Gasteiger partial charge on any atom is -0.463 e. The fraction of sp³-hybridized carbons (Fsp3) is 0.0667. The molecule has 19 heavy (non-hydrogen) atoms. The van der Waals surface area contributed by atoms with Crippen LogP contribution < -0.4 is 0 Å². The molecule has 0 aliphatic heterocycles. The molecule has 0 radical (unpaired) electrons. The SMILES string of the molecule is COC(=O)c1ccc(/C=C/C(=O)c2ccccc2)o1. The van der Waals surface area contributed by atoms with Gasteiger partial charge in [0.05, 0.1) is 7.11 Å². The number of furan rings is 1. The minimum absolute atomic E-state index is 0.106. The Morgan fingerprint density at radius 1 is 1.11 bits per heavy atom. The van der Waals surface area contributed by atoms with Gasteiger partial charge in [-0.25, -0.2) is 4.79 Å². The molecule has 0 aliphatic rings. The van der Waals surface area contributed by atoms with Crippen molar-refractivity contribution in [3.05, 3.63) is 65.6 Å². The second-order valence-corrected chi connectivity index (χ2v) is 3.76. The van der Waals surface area contributed by atoms with E-state index in [2.05, 4.69) is 4.74 Å². The van der Waals surface area contributed by atoms with Crippen LogP contribution in [0, 0.1) is 0 Å². The first kappa shape index (κ1) is 12.8. The van der Waals surface area contributed by atoms with E-state index >= 15 is 0 Å². The molecule has 0 atom stereocenters. The third-order valence-corrected chi connectivity index (χ3v) is 2.47. The number of rotatable bonds is 4. The highest BCUT2D eigenvalue weighted by Gasteiger charge is 2.09. The van der Waals surface area contributed by atoms with Crippen molar-refractivity contribution >= 4 is 17.8 Å². The van der Waals surface area contributed by atoms with Crippen LogP contribution in [0.3, 0.4) is 0 Å². The van der Waals surface area contributed by atoms with E-state index in [1.807, 2.05) is 6.07 Å². The Balaban J connectivity index is 2.09. The number of benzene rings is 1. The molecule has 0 spiro atoms. The summed E-state index contributed by atoms with van der Waals surface area (Å²) < 4.78 is 9.73. The summed E-state index contributed by atoms with van der Waals surface area (Å²) in [6, 6.07) is 12.0. The summed E-state index contributed by atoms with van der Waals surface area (Å²) in [5.74, 6) is -0.148. The van der Waals surface area contributed by atoms with Gasteiger partial charge in [0, 0.05) is 5.56 Å². The third-order valence-electron chi connectivity index (χ3n) is 2.47. The lowest BCUT2D eigenvalue weighted by molar-refractivity contribution is 0.0564. The van der Waals surface area contributed by atoms with Crippen LogP contribution in [-0.2, 0) is 4.74 Å². The highest BCUT2D eigenvalue weighted by molar-refractivity contribution is 6.06. The lowest BCUT2D eigenvalue weighted by atomic mass is 10.1. The van der Waals surface area contributed by atoms with Crippen LogP contribution in [0.4, 0.5) is 0 Å². The van der Waals surface area contributed by atoms with E-state index in [-0.39, 0.29) is 11.5 Å². The number of methoxy groups -OCH3 is 1. The quantitative estimate of drug-likeness (QED) is 0.479. The average molecular weight is 256 g/mol. The van der Waals surface area contributed by atoms with Crippen molar-refractivity contribution in [3.63, 3.8) is 0 Å². The Morgan fingerprint density at radius 3 is 2.53 bits per heavy atom. The first-order valence-electron chi connectivity index (χ1n) is 5.66. The molecule has 0 unspecified atom stereocenters. The van der Waals surface area contributed by atoms with Gasteiger partial charge in [0.1, 0.15) is 5.76 Å². The third kappa shape index (κ3) is 3.19. The summed E-state index contributed by atoms with van der Waals surface area (Å²) in [5, 5.41) is 0. The molecule has 4 nitrogen and oxygen atoms in total. The molecule has 0 fully saturated rings. The lowest BCUT2D eigenvalue weighted by Crippen LogP contribution is -1.98. The highest BCUT2D eigenvalue weighted by Crippen LogP contribution is 2.11. The number of hydrogen-bond acceptors (Lipinski definition) is 4. The van der Waals surface area contributed by atoms with Crippen LogP contribution in [0.1, 0.15) is 26.7 Å². The van der Waals surface area contributed by atoms with Crippen LogP contribution >= 0.6 is 0 Å². The van der Waals surface area contributed by atoms with Crippen molar-refractivity contribution in [2.45, 2.75) is 0 Å². The zero-order valence-electron chi connectivity index (χ0n) is 10.3. The molecule has 0 bridgehead atoms. The van der Waals surface area contributed by atoms with Crippen molar-refractivity contribution in [3.8, 4) is 0 Å². The predicted molar refractivity (Wildman–Crippen MR) is 69.9 cm³/mol. The van der Waals surface area contributed by atoms with Gasteiger partial charge in [0.15, 0.2) is 5.78 Å². The van der Waals surface area contributed by atoms with Crippen LogP contribution in [-0.4, -0.2) is 18.9 Å². The first-order chi connectivity index (χ1) is 9.20. The second-order valence-electron chi connectivity index (χ2n) is 3.76. The Labute approximate surface area is 110 Å². The molecule has 2 aromatic rings. The molecule has 1 aromatic carbocycles. The van der Waals surface area contributed by atoms with Crippen molar-refractivity contribution in [1.82, 2.24) is 0 Å². The monoisotopic (exact) mass is 256 g/mol. The van der Waals surface area contributed by atoms with E-state index in [0.29, 0.717) is 11.3 Å². The standard InChI is InChI=1S/C15H12O4/c1-18-15(17)14-10-8-12(19-14)7-9-13(16)11-5-3-2-4-6-11/h2-10H,1H3/b9-7+. The number of ether oxygens (including phenoxy) is 1. The Bertz CT molecular complexity index is 608. The summed E-state index contributed by atoms with van der Waals surface area (Å²) in [7, 11) is 1.28. The molecule has 4 heteroatoms. The fourth-order valence-corrected chi connectivity index (χ4v) is 1.51. The van der Waals surface area contributed by atoms with Crippen molar-refractivity contribution in [2.24, 2.45) is 0 Å². The Morgan fingerprint density at radius 2 is 1.84 bits per heavy atom. The molecular weight excluding hydrogens is 244 g/mol. The molecule has 1 aromatic heterocycles. The number of allylic oxidation sites excluding steroid dienone is 1. The van der Waals surface area contributed by atoms with Crippen LogP contribution in [0.2, 0.25) is 0 Å². The van der Waals surface area contributed by atoms with Crippen molar-refractivity contribution in [1.29, 1.82) is 0 Å². The molecule has 2 rings (SSSR count). The normalized spacial score (nSPS) is 10.6. The first-order valence-corrected chi connectivity index (χ1v) is 5.66. The molecule has 0 saturated heterocycles. The van der Waals surface area contributed by atoms with Crippen molar-refractivity contribution in [2.75, 3.05) is 7.11 Å². The van der Waals surface area contributed by atoms with E-state index in [4.69, 9.17) is 4.42 Å². The van der Waals surface area contributed by atoms with Gasteiger partial charge >= 0.3 is 5.97 Å². The van der Waals surface area contributed by atoms with E-state index in [1.165, 1.54) is 25.3 Å². The van der Waals surface area contributed by atoms with E-state index < -0.39 is 5.97 Å². The summed E-state index contributed by atoms with van der Waals surface area (Å²) in [4.78, 5) is 23.0. The summed E-state index contributed by atoms with van der Waals surface area (Å²) >= 11 is 0. The van der Waals surface area contributed by atoms with Gasteiger partial charge in [-0.1, -0.05) is 30.3 Å². The average Bonchev–Trinajstić information content (AvgIpc) is 2.93.